The smallest absolute Gasteiger partial charge is 0.293 e. The van der Waals surface area contributed by atoms with Crippen LogP contribution in [0.2, 0.25) is 0 Å². The second-order valence-electron chi connectivity index (χ2n) is 4.58. The Kier molecular flexibility index (Phi) is 9.69. The maximum absolute atomic E-state index is 9.88. The van der Waals surface area contributed by atoms with Crippen LogP contribution in [-0.2, 0) is 20.7 Å². The zero-order valence-electron chi connectivity index (χ0n) is 11.6. The molecule has 0 aliphatic heterocycles. The molecule has 0 unspecified atom stereocenters. The Labute approximate surface area is 115 Å². The predicted octanol–water partition coefficient (Wildman–Crippen LogP) is 3.37. The van der Waals surface area contributed by atoms with E-state index in [9.17, 15) is 4.79 Å². The van der Waals surface area contributed by atoms with Crippen molar-refractivity contribution in [2.75, 3.05) is 19.8 Å². The molecule has 0 bridgehead atoms. The van der Waals surface area contributed by atoms with Crippen LogP contribution < -0.4 is 0 Å². The summed E-state index contributed by atoms with van der Waals surface area (Å²) in [6, 6.07) is 10.6. The number of hydrogen-bond donors (Lipinski definition) is 0. The number of aryl methyl sites for hydroxylation is 1. The normalized spacial score (nSPS) is 10.3. The molecule has 0 saturated heterocycles. The molecule has 1 aromatic rings. The molecule has 3 heteroatoms. The van der Waals surface area contributed by atoms with Crippen LogP contribution >= 0.6 is 0 Å². The van der Waals surface area contributed by atoms with Crippen LogP contribution in [0.5, 0.6) is 0 Å². The van der Waals surface area contributed by atoms with Crippen molar-refractivity contribution in [2.24, 2.45) is 0 Å². The lowest BCUT2D eigenvalue weighted by molar-refractivity contribution is -0.129. The molecule has 0 N–H and O–H groups in total. The van der Waals surface area contributed by atoms with E-state index in [1.165, 1.54) is 31.2 Å². The number of rotatable bonds is 12. The highest BCUT2D eigenvalue weighted by Crippen LogP contribution is 2.07. The third-order valence-corrected chi connectivity index (χ3v) is 2.97. The van der Waals surface area contributed by atoms with Crippen molar-refractivity contribution >= 4 is 6.47 Å². The molecule has 0 aliphatic rings. The van der Waals surface area contributed by atoms with Crippen LogP contribution in [0.25, 0.3) is 0 Å². The number of hydrogen-bond acceptors (Lipinski definition) is 3. The fourth-order valence-corrected chi connectivity index (χ4v) is 1.93. The Bertz CT molecular complexity index is 311. The highest BCUT2D eigenvalue weighted by Gasteiger charge is 1.94. The minimum Gasteiger partial charge on any atom is -0.468 e. The average Bonchev–Trinajstić information content (AvgIpc) is 2.46. The van der Waals surface area contributed by atoms with Crippen molar-refractivity contribution in [1.82, 2.24) is 0 Å². The summed E-state index contributed by atoms with van der Waals surface area (Å²) in [5.74, 6) is 0. The molecule has 1 aromatic carbocycles. The van der Waals surface area contributed by atoms with Gasteiger partial charge in [-0.3, -0.25) is 4.79 Å². The first-order valence-electron chi connectivity index (χ1n) is 7.10. The quantitative estimate of drug-likeness (QED) is 0.429. The zero-order chi connectivity index (χ0) is 13.6. The number of carbonyl (C=O) groups is 1. The Balaban J connectivity index is 1.80. The number of benzene rings is 1. The summed E-state index contributed by atoms with van der Waals surface area (Å²) in [6.45, 7) is 2.43. The van der Waals surface area contributed by atoms with Gasteiger partial charge in [0.1, 0.15) is 0 Å². The van der Waals surface area contributed by atoms with Gasteiger partial charge in [0, 0.05) is 19.6 Å². The highest BCUT2D eigenvalue weighted by molar-refractivity contribution is 5.36. The van der Waals surface area contributed by atoms with Crippen molar-refractivity contribution in [3.63, 3.8) is 0 Å². The standard InChI is InChI=1S/C16H24O3/c17-15-19-14-8-13-18-12-7-2-1-4-9-16-10-5-3-6-11-16/h3,5-6,10-11,15H,1-2,4,7-9,12-14H2. The van der Waals surface area contributed by atoms with Crippen molar-refractivity contribution in [2.45, 2.75) is 38.5 Å². The van der Waals surface area contributed by atoms with E-state index in [2.05, 4.69) is 35.1 Å². The highest BCUT2D eigenvalue weighted by atomic mass is 16.5. The Morgan fingerprint density at radius 2 is 1.58 bits per heavy atom. The Hall–Kier alpha value is -1.35. The lowest BCUT2D eigenvalue weighted by atomic mass is 10.1. The van der Waals surface area contributed by atoms with Crippen LogP contribution in [0.1, 0.15) is 37.7 Å². The van der Waals surface area contributed by atoms with E-state index in [1.54, 1.807) is 0 Å². The molecule has 106 valence electrons. The van der Waals surface area contributed by atoms with Crippen LogP contribution in [0.4, 0.5) is 0 Å². The van der Waals surface area contributed by atoms with Crippen molar-refractivity contribution in [1.29, 1.82) is 0 Å². The molecule has 0 radical (unpaired) electrons. The second kappa shape index (κ2) is 11.7. The van der Waals surface area contributed by atoms with E-state index >= 15 is 0 Å². The topological polar surface area (TPSA) is 35.5 Å². The van der Waals surface area contributed by atoms with Gasteiger partial charge in [-0.15, -0.1) is 0 Å². The van der Waals surface area contributed by atoms with E-state index in [4.69, 9.17) is 4.74 Å². The first kappa shape index (κ1) is 15.7. The summed E-state index contributed by atoms with van der Waals surface area (Å²) in [6.07, 6.45) is 6.79. The van der Waals surface area contributed by atoms with Crippen LogP contribution in [0, 0.1) is 0 Å². The first-order valence-corrected chi connectivity index (χ1v) is 7.10. The van der Waals surface area contributed by atoms with Gasteiger partial charge < -0.3 is 9.47 Å². The maximum Gasteiger partial charge on any atom is 0.293 e. The summed E-state index contributed by atoms with van der Waals surface area (Å²) in [7, 11) is 0. The third kappa shape index (κ3) is 9.25. The number of ether oxygens (including phenoxy) is 2. The average molecular weight is 264 g/mol. The fourth-order valence-electron chi connectivity index (χ4n) is 1.93. The summed E-state index contributed by atoms with van der Waals surface area (Å²) < 4.78 is 10.0. The molecule has 1 rings (SSSR count). The summed E-state index contributed by atoms with van der Waals surface area (Å²) in [5, 5.41) is 0. The molecular weight excluding hydrogens is 240 g/mol. The lowest BCUT2D eigenvalue weighted by Crippen LogP contribution is -2.01. The predicted molar refractivity (Wildman–Crippen MR) is 76.1 cm³/mol. The molecule has 0 saturated carbocycles. The summed E-state index contributed by atoms with van der Waals surface area (Å²) in [5.41, 5.74) is 1.42. The minimum absolute atomic E-state index is 0.459. The van der Waals surface area contributed by atoms with Crippen LogP contribution in [0.3, 0.4) is 0 Å². The van der Waals surface area contributed by atoms with E-state index in [-0.39, 0.29) is 0 Å². The fraction of sp³-hybridized carbons (Fsp3) is 0.562. The third-order valence-electron chi connectivity index (χ3n) is 2.97. The van der Waals surface area contributed by atoms with E-state index < -0.39 is 0 Å². The van der Waals surface area contributed by atoms with E-state index in [0.717, 1.165) is 19.4 Å². The molecular formula is C16H24O3. The second-order valence-corrected chi connectivity index (χ2v) is 4.58. The maximum atomic E-state index is 9.88. The van der Waals surface area contributed by atoms with Gasteiger partial charge in [0.25, 0.3) is 6.47 Å². The van der Waals surface area contributed by atoms with Gasteiger partial charge in [-0.1, -0.05) is 43.2 Å². The molecule has 0 aromatic heterocycles. The van der Waals surface area contributed by atoms with Crippen LogP contribution in [-0.4, -0.2) is 26.3 Å². The van der Waals surface area contributed by atoms with Gasteiger partial charge >= 0.3 is 0 Å². The lowest BCUT2D eigenvalue weighted by Gasteiger charge is -2.04. The van der Waals surface area contributed by atoms with Crippen molar-refractivity contribution in [3.05, 3.63) is 35.9 Å². The summed E-state index contributed by atoms with van der Waals surface area (Å²) >= 11 is 0. The molecule has 0 spiro atoms. The van der Waals surface area contributed by atoms with Gasteiger partial charge in [-0.05, 0) is 24.8 Å². The van der Waals surface area contributed by atoms with Crippen molar-refractivity contribution < 1.29 is 14.3 Å². The molecule has 19 heavy (non-hydrogen) atoms. The Morgan fingerprint density at radius 1 is 0.842 bits per heavy atom. The van der Waals surface area contributed by atoms with Gasteiger partial charge in [0.05, 0.1) is 6.61 Å². The van der Waals surface area contributed by atoms with Gasteiger partial charge in [0.2, 0.25) is 0 Å². The molecule has 0 atom stereocenters. The molecule has 0 amide bonds. The van der Waals surface area contributed by atoms with Crippen molar-refractivity contribution in [3.8, 4) is 0 Å². The molecule has 3 nitrogen and oxygen atoms in total. The zero-order valence-corrected chi connectivity index (χ0v) is 11.6. The summed E-state index contributed by atoms with van der Waals surface area (Å²) in [4.78, 5) is 9.88. The van der Waals surface area contributed by atoms with E-state index in [0.29, 0.717) is 19.7 Å². The number of carbonyl (C=O) groups excluding carboxylic acids is 1. The van der Waals surface area contributed by atoms with Gasteiger partial charge in [-0.25, -0.2) is 0 Å². The number of unbranched alkanes of at least 4 members (excludes halogenated alkanes) is 3. The molecule has 0 fully saturated rings. The van der Waals surface area contributed by atoms with Gasteiger partial charge in [0.15, 0.2) is 0 Å². The van der Waals surface area contributed by atoms with E-state index in [1.807, 2.05) is 0 Å². The van der Waals surface area contributed by atoms with Gasteiger partial charge in [-0.2, -0.15) is 0 Å². The largest absolute Gasteiger partial charge is 0.468 e. The molecule has 0 heterocycles. The molecule has 0 aliphatic carbocycles. The SMILES string of the molecule is O=COCCCOCCCCCCc1ccccc1. The minimum atomic E-state index is 0.459. The van der Waals surface area contributed by atoms with Crippen LogP contribution in [0.15, 0.2) is 30.3 Å². The monoisotopic (exact) mass is 264 g/mol. The Morgan fingerprint density at radius 3 is 2.37 bits per heavy atom. The first-order chi connectivity index (χ1) is 9.43.